The quantitative estimate of drug-likeness (QED) is 0.408. The number of phenols is 1. The fraction of sp³-hybridized carbons (Fsp3) is 0.292. The number of halogens is 3. The number of carbonyl (C=O) groups is 2. The minimum Gasteiger partial charge on any atom is -0.508 e. The monoisotopic (exact) mass is 521 g/mol. The summed E-state index contributed by atoms with van der Waals surface area (Å²) in [6.07, 6.45) is 4.86. The predicted molar refractivity (Wildman–Crippen MR) is 131 cm³/mol. The number of amides is 2. The van der Waals surface area contributed by atoms with Crippen molar-refractivity contribution >= 4 is 52.2 Å². The molecule has 0 saturated heterocycles. The molecule has 1 aliphatic carbocycles. The van der Waals surface area contributed by atoms with Crippen LogP contribution in [0.2, 0.25) is 9.36 Å². The lowest BCUT2D eigenvalue weighted by Crippen LogP contribution is -2.47. The van der Waals surface area contributed by atoms with E-state index in [0.717, 1.165) is 43.6 Å². The molecule has 1 heterocycles. The zero-order valence-electron chi connectivity index (χ0n) is 18.0. The molecule has 4 rings (SSSR count). The van der Waals surface area contributed by atoms with Crippen LogP contribution in [-0.2, 0) is 4.79 Å². The first-order chi connectivity index (χ1) is 16.3. The molecule has 2 amide bonds. The zero-order chi connectivity index (χ0) is 24.2. The van der Waals surface area contributed by atoms with Crippen LogP contribution in [0.15, 0.2) is 48.5 Å². The van der Waals surface area contributed by atoms with Crippen molar-refractivity contribution < 1.29 is 19.1 Å². The van der Waals surface area contributed by atoms with E-state index in [1.807, 2.05) is 0 Å². The van der Waals surface area contributed by atoms with E-state index in [-0.39, 0.29) is 32.5 Å². The number of carbonyl (C=O) groups excluding carboxylic acids is 2. The van der Waals surface area contributed by atoms with Gasteiger partial charge in [-0.15, -0.1) is 0 Å². The summed E-state index contributed by atoms with van der Waals surface area (Å²) in [6.45, 7) is 0. The molecule has 1 aromatic heterocycles. The van der Waals surface area contributed by atoms with Crippen molar-refractivity contribution in [2.24, 2.45) is 0 Å². The molecule has 2 aromatic carbocycles. The van der Waals surface area contributed by atoms with Gasteiger partial charge >= 0.3 is 0 Å². The molecular weight excluding hydrogens is 500 g/mol. The molecule has 0 aliphatic heterocycles. The predicted octanol–water partition coefficient (Wildman–Crippen LogP) is 6.13. The van der Waals surface area contributed by atoms with Gasteiger partial charge in [0, 0.05) is 11.7 Å². The third kappa shape index (κ3) is 5.35. The van der Waals surface area contributed by atoms with E-state index < -0.39 is 23.7 Å². The minimum atomic E-state index is -1.13. The number of hydrogen-bond donors (Lipinski definition) is 2. The standard InChI is InChI=1S/C24H22Cl2FN3O3S/c25-19-20(29-34-22(19)26)24(33)30(17-10-8-15(27)9-11-17)21(14-6-12-18(31)13-7-14)23(32)28-16-4-2-1-3-5-16/h6-13,16,21,31H,1-5H2,(H,28,32). The first-order valence-electron chi connectivity index (χ1n) is 10.8. The summed E-state index contributed by atoms with van der Waals surface area (Å²) >= 11 is 13.2. The summed E-state index contributed by atoms with van der Waals surface area (Å²) in [5.41, 5.74) is 0.639. The lowest BCUT2D eigenvalue weighted by atomic mass is 9.94. The topological polar surface area (TPSA) is 82.5 Å². The molecule has 1 saturated carbocycles. The van der Waals surface area contributed by atoms with E-state index in [1.54, 1.807) is 12.1 Å². The Balaban J connectivity index is 1.81. The van der Waals surface area contributed by atoms with Gasteiger partial charge in [-0.3, -0.25) is 14.5 Å². The van der Waals surface area contributed by atoms with Crippen molar-refractivity contribution in [2.45, 2.75) is 44.2 Å². The SMILES string of the molecule is O=C(NC1CCCCC1)C(c1ccc(O)cc1)N(C(=O)c1nsc(Cl)c1Cl)c1ccc(F)cc1. The molecule has 1 aliphatic rings. The van der Waals surface area contributed by atoms with Crippen LogP contribution in [0.5, 0.6) is 5.75 Å². The molecule has 34 heavy (non-hydrogen) atoms. The van der Waals surface area contributed by atoms with Crippen molar-refractivity contribution in [2.75, 3.05) is 4.90 Å². The molecule has 178 valence electrons. The van der Waals surface area contributed by atoms with Crippen LogP contribution in [0, 0.1) is 5.82 Å². The Morgan fingerprint density at radius 1 is 1.06 bits per heavy atom. The molecule has 3 aromatic rings. The Labute approximate surface area is 210 Å². The Hall–Kier alpha value is -2.68. The highest BCUT2D eigenvalue weighted by atomic mass is 35.5. The summed E-state index contributed by atoms with van der Waals surface area (Å²) in [6, 6.07) is 10.1. The van der Waals surface area contributed by atoms with Crippen LogP contribution >= 0.6 is 34.7 Å². The second-order valence-electron chi connectivity index (χ2n) is 8.11. The molecular formula is C24H22Cl2FN3O3S. The molecule has 10 heteroatoms. The zero-order valence-corrected chi connectivity index (χ0v) is 20.3. The maximum Gasteiger partial charge on any atom is 0.280 e. The Morgan fingerprint density at radius 2 is 1.71 bits per heavy atom. The highest BCUT2D eigenvalue weighted by Crippen LogP contribution is 2.35. The number of aromatic nitrogens is 1. The maximum absolute atomic E-state index is 13.7. The number of phenolic OH excluding ortho intramolecular Hbond substituents is 1. The molecule has 6 nitrogen and oxygen atoms in total. The minimum absolute atomic E-state index is 0.0108. The van der Waals surface area contributed by atoms with Gasteiger partial charge in [-0.2, -0.15) is 4.37 Å². The number of aromatic hydroxyl groups is 1. The number of hydrogen-bond acceptors (Lipinski definition) is 5. The van der Waals surface area contributed by atoms with Crippen LogP contribution in [0.4, 0.5) is 10.1 Å². The highest BCUT2D eigenvalue weighted by Gasteiger charge is 2.36. The van der Waals surface area contributed by atoms with Gasteiger partial charge in [0.2, 0.25) is 5.91 Å². The fourth-order valence-electron chi connectivity index (χ4n) is 4.09. The number of anilines is 1. The van der Waals surface area contributed by atoms with Gasteiger partial charge in [0.15, 0.2) is 5.69 Å². The fourth-order valence-corrected chi connectivity index (χ4v) is 5.08. The Bertz CT molecular complexity index is 1170. The molecule has 1 fully saturated rings. The Kier molecular flexibility index (Phi) is 7.70. The van der Waals surface area contributed by atoms with Gasteiger partial charge in [0.1, 0.15) is 27.0 Å². The van der Waals surface area contributed by atoms with Crippen molar-refractivity contribution in [3.05, 3.63) is 75.0 Å². The van der Waals surface area contributed by atoms with Gasteiger partial charge in [-0.25, -0.2) is 4.39 Å². The lowest BCUT2D eigenvalue weighted by Gasteiger charge is -2.33. The maximum atomic E-state index is 13.7. The van der Waals surface area contributed by atoms with Gasteiger partial charge in [0.25, 0.3) is 5.91 Å². The van der Waals surface area contributed by atoms with E-state index >= 15 is 0 Å². The molecule has 1 atom stereocenters. The van der Waals surface area contributed by atoms with Gasteiger partial charge < -0.3 is 10.4 Å². The normalized spacial score (nSPS) is 15.0. The summed E-state index contributed by atoms with van der Waals surface area (Å²) in [4.78, 5) is 28.7. The largest absolute Gasteiger partial charge is 0.508 e. The third-order valence-electron chi connectivity index (χ3n) is 5.79. The highest BCUT2D eigenvalue weighted by molar-refractivity contribution is 7.11. The van der Waals surface area contributed by atoms with Gasteiger partial charge in [-0.1, -0.05) is 54.6 Å². The second-order valence-corrected chi connectivity index (χ2v) is 9.86. The average molecular weight is 522 g/mol. The van der Waals surface area contributed by atoms with Crippen LogP contribution in [0.25, 0.3) is 0 Å². The van der Waals surface area contributed by atoms with Crippen molar-refractivity contribution in [1.29, 1.82) is 0 Å². The van der Waals surface area contributed by atoms with Crippen molar-refractivity contribution in [1.82, 2.24) is 9.69 Å². The van der Waals surface area contributed by atoms with Gasteiger partial charge in [-0.05, 0) is 66.3 Å². The first-order valence-corrected chi connectivity index (χ1v) is 12.4. The second kappa shape index (κ2) is 10.7. The number of nitrogens with one attached hydrogen (secondary N) is 1. The van der Waals surface area contributed by atoms with E-state index in [4.69, 9.17) is 23.2 Å². The van der Waals surface area contributed by atoms with Crippen molar-refractivity contribution in [3.8, 4) is 5.75 Å². The average Bonchev–Trinajstić information content (AvgIpc) is 3.17. The molecule has 2 N–H and O–H groups in total. The molecule has 0 radical (unpaired) electrons. The summed E-state index contributed by atoms with van der Waals surface area (Å²) in [7, 11) is 0. The van der Waals surface area contributed by atoms with E-state index in [0.29, 0.717) is 5.56 Å². The smallest absolute Gasteiger partial charge is 0.280 e. The summed E-state index contributed by atoms with van der Waals surface area (Å²) in [5, 5.41) is 12.8. The third-order valence-corrected chi connectivity index (χ3v) is 7.40. The van der Waals surface area contributed by atoms with E-state index in [2.05, 4.69) is 9.69 Å². The number of rotatable bonds is 6. The van der Waals surface area contributed by atoms with E-state index in [1.165, 1.54) is 41.3 Å². The van der Waals surface area contributed by atoms with E-state index in [9.17, 15) is 19.1 Å². The summed E-state index contributed by atoms with van der Waals surface area (Å²) in [5.74, 6) is -1.52. The number of benzene rings is 2. The molecule has 0 bridgehead atoms. The summed E-state index contributed by atoms with van der Waals surface area (Å²) < 4.78 is 18.0. The first kappa shape index (κ1) is 24.4. The number of nitrogens with zero attached hydrogens (tertiary/aromatic N) is 2. The van der Waals surface area contributed by atoms with Crippen LogP contribution < -0.4 is 10.2 Å². The van der Waals surface area contributed by atoms with Crippen LogP contribution in [0.3, 0.4) is 0 Å². The van der Waals surface area contributed by atoms with Gasteiger partial charge in [0.05, 0.1) is 0 Å². The van der Waals surface area contributed by atoms with Crippen LogP contribution in [0.1, 0.15) is 54.2 Å². The van der Waals surface area contributed by atoms with Crippen LogP contribution in [-0.4, -0.2) is 27.3 Å². The lowest BCUT2D eigenvalue weighted by molar-refractivity contribution is -0.123. The van der Waals surface area contributed by atoms with Crippen molar-refractivity contribution in [3.63, 3.8) is 0 Å². The molecule has 0 spiro atoms. The molecule has 1 unspecified atom stereocenters. The Morgan fingerprint density at radius 3 is 2.29 bits per heavy atom.